The first kappa shape index (κ1) is 25.2. The molecule has 3 heterocycles. The third-order valence-electron chi connectivity index (χ3n) is 6.39. The van der Waals surface area contributed by atoms with Gasteiger partial charge in [-0.1, -0.05) is 54.2 Å². The molecule has 192 valence electrons. The van der Waals surface area contributed by atoms with Gasteiger partial charge in [0.15, 0.2) is 5.17 Å². The fourth-order valence-corrected chi connectivity index (χ4v) is 5.32. The third-order valence-corrected chi connectivity index (χ3v) is 7.33. The van der Waals surface area contributed by atoms with Crippen LogP contribution in [0, 0.1) is 0 Å². The number of aliphatic imine (C=N–C) groups is 2. The number of ether oxygens (including phenoxy) is 1. The zero-order valence-corrected chi connectivity index (χ0v) is 21.2. The fourth-order valence-electron chi connectivity index (χ4n) is 4.48. The molecule has 0 aromatic heterocycles. The van der Waals surface area contributed by atoms with E-state index in [9.17, 15) is 14.4 Å². The molecular weight excluding hydrogens is 490 g/mol. The molecule has 1 fully saturated rings. The molecule has 9 nitrogen and oxygen atoms in total. The highest BCUT2D eigenvalue weighted by atomic mass is 32.2. The first-order valence-corrected chi connectivity index (χ1v) is 13.5. The molecule has 3 aliphatic heterocycles. The highest BCUT2D eigenvalue weighted by Gasteiger charge is 2.42. The van der Waals surface area contributed by atoms with E-state index in [1.165, 1.54) is 16.7 Å². The summed E-state index contributed by atoms with van der Waals surface area (Å²) >= 11 is 1.19. The van der Waals surface area contributed by atoms with Crippen LogP contribution in [0.5, 0.6) is 0 Å². The largest absolute Gasteiger partial charge is 0.376 e. The number of carbonyl (C=O) groups excluding carboxylic acids is 3. The number of amides is 3. The van der Waals surface area contributed by atoms with Gasteiger partial charge in [0.05, 0.1) is 24.0 Å². The zero-order valence-electron chi connectivity index (χ0n) is 20.4. The summed E-state index contributed by atoms with van der Waals surface area (Å²) in [6.45, 7) is 1.69. The summed E-state index contributed by atoms with van der Waals surface area (Å²) in [5.74, 6) is -0.114. The molecule has 3 aliphatic rings. The van der Waals surface area contributed by atoms with E-state index in [2.05, 4.69) is 20.6 Å². The van der Waals surface area contributed by atoms with E-state index in [-0.39, 0.29) is 36.0 Å². The number of rotatable bonds is 9. The van der Waals surface area contributed by atoms with E-state index in [0.29, 0.717) is 36.2 Å². The summed E-state index contributed by atoms with van der Waals surface area (Å²) in [6.07, 6.45) is 2.68. The zero-order chi connectivity index (χ0) is 25.6. The predicted octanol–water partition coefficient (Wildman–Crippen LogP) is 2.42. The smallest absolute Gasteiger partial charge is 0.259 e. The second kappa shape index (κ2) is 11.7. The van der Waals surface area contributed by atoms with E-state index in [4.69, 9.17) is 4.74 Å². The number of para-hydroxylation sites is 1. The summed E-state index contributed by atoms with van der Waals surface area (Å²) in [4.78, 5) is 49.1. The van der Waals surface area contributed by atoms with Crippen LogP contribution in [0.25, 0.3) is 0 Å². The van der Waals surface area contributed by atoms with Crippen molar-refractivity contribution in [1.29, 1.82) is 0 Å². The Hall–Kier alpha value is -3.50. The maximum Gasteiger partial charge on any atom is 0.259 e. The number of nitrogens with zero attached hydrogens (tertiary/aromatic N) is 3. The van der Waals surface area contributed by atoms with Crippen molar-refractivity contribution in [2.24, 2.45) is 9.98 Å². The second-order valence-corrected chi connectivity index (χ2v) is 10.0. The van der Waals surface area contributed by atoms with Crippen molar-refractivity contribution in [2.45, 2.75) is 37.8 Å². The van der Waals surface area contributed by atoms with E-state index < -0.39 is 6.04 Å². The maximum absolute atomic E-state index is 13.4. The molecule has 0 spiro atoms. The molecule has 0 bridgehead atoms. The Bertz CT molecular complexity index is 1230. The van der Waals surface area contributed by atoms with Crippen LogP contribution in [0.4, 0.5) is 5.69 Å². The van der Waals surface area contributed by atoms with E-state index in [1.807, 2.05) is 54.6 Å². The van der Waals surface area contributed by atoms with Crippen LogP contribution in [-0.4, -0.2) is 71.2 Å². The Morgan fingerprint density at radius 1 is 1.05 bits per heavy atom. The number of nitrogens with one attached hydrogen (secondary N) is 2. The average Bonchev–Trinajstić information content (AvgIpc) is 3.55. The van der Waals surface area contributed by atoms with Gasteiger partial charge in [0.1, 0.15) is 11.9 Å². The van der Waals surface area contributed by atoms with Gasteiger partial charge in [0.2, 0.25) is 11.8 Å². The van der Waals surface area contributed by atoms with E-state index >= 15 is 0 Å². The number of carbonyl (C=O) groups is 3. The highest BCUT2D eigenvalue weighted by Crippen LogP contribution is 2.34. The van der Waals surface area contributed by atoms with Gasteiger partial charge in [-0.15, -0.1) is 0 Å². The minimum absolute atomic E-state index is 0.0460. The molecule has 37 heavy (non-hydrogen) atoms. The average molecular weight is 520 g/mol. The highest BCUT2D eigenvalue weighted by molar-refractivity contribution is 8.14. The molecule has 10 heteroatoms. The molecular formula is C27H29N5O4S. The molecule has 5 rings (SSSR count). The van der Waals surface area contributed by atoms with Crippen molar-refractivity contribution in [3.05, 3.63) is 65.7 Å². The van der Waals surface area contributed by atoms with Gasteiger partial charge >= 0.3 is 0 Å². The van der Waals surface area contributed by atoms with Crippen molar-refractivity contribution in [3.63, 3.8) is 0 Å². The maximum atomic E-state index is 13.4. The van der Waals surface area contributed by atoms with Gasteiger partial charge in [-0.3, -0.25) is 19.4 Å². The summed E-state index contributed by atoms with van der Waals surface area (Å²) in [5.41, 5.74) is 2.54. The topological polar surface area (TPSA) is 112 Å². The summed E-state index contributed by atoms with van der Waals surface area (Å²) < 4.78 is 5.55. The summed E-state index contributed by atoms with van der Waals surface area (Å²) in [6, 6.07) is 16.5. The van der Waals surface area contributed by atoms with Gasteiger partial charge in [0, 0.05) is 25.3 Å². The lowest BCUT2D eigenvalue weighted by molar-refractivity contribution is -0.128. The minimum Gasteiger partial charge on any atom is -0.376 e. The molecule has 3 amide bonds. The van der Waals surface area contributed by atoms with E-state index in [1.54, 1.807) is 0 Å². The third kappa shape index (κ3) is 6.08. The van der Waals surface area contributed by atoms with Crippen LogP contribution in [0.2, 0.25) is 0 Å². The number of fused-ring (bicyclic) bond motifs is 3. The number of amidine groups is 2. The predicted molar refractivity (Wildman–Crippen MR) is 143 cm³/mol. The molecule has 0 unspecified atom stereocenters. The summed E-state index contributed by atoms with van der Waals surface area (Å²) in [5, 5.41) is 6.17. The number of hydrogen-bond donors (Lipinski definition) is 2. The Morgan fingerprint density at radius 3 is 2.68 bits per heavy atom. The first-order valence-electron chi connectivity index (χ1n) is 12.5. The summed E-state index contributed by atoms with van der Waals surface area (Å²) in [7, 11) is 0. The molecule has 2 atom stereocenters. The van der Waals surface area contributed by atoms with Crippen LogP contribution in [0.3, 0.4) is 0 Å². The Kier molecular flexibility index (Phi) is 7.96. The van der Waals surface area contributed by atoms with Crippen LogP contribution in [0.15, 0.2) is 64.6 Å². The Labute approximate surface area is 219 Å². The van der Waals surface area contributed by atoms with Crippen molar-refractivity contribution in [1.82, 2.24) is 15.5 Å². The Morgan fingerprint density at radius 2 is 1.86 bits per heavy atom. The lowest BCUT2D eigenvalue weighted by atomic mass is 10.1. The normalized spacial score (nSPS) is 20.1. The molecule has 0 aliphatic carbocycles. The van der Waals surface area contributed by atoms with Crippen LogP contribution >= 0.6 is 11.8 Å². The number of hydrogen-bond acceptors (Lipinski definition) is 7. The van der Waals surface area contributed by atoms with Crippen molar-refractivity contribution < 1.29 is 19.1 Å². The molecule has 1 saturated heterocycles. The number of benzene rings is 2. The second-order valence-electron chi connectivity index (χ2n) is 9.07. The van der Waals surface area contributed by atoms with Gasteiger partial charge in [-0.05, 0) is 37.0 Å². The Balaban J connectivity index is 1.21. The molecule has 2 aromatic rings. The van der Waals surface area contributed by atoms with Gasteiger partial charge < -0.3 is 15.4 Å². The quantitative estimate of drug-likeness (QED) is 0.529. The van der Waals surface area contributed by atoms with Crippen LogP contribution in [-0.2, 0) is 25.5 Å². The SMILES string of the molecule is O=C(CSC1=Nc2ccccc2C2=N[C@H](CC(=O)NCCc3ccccc3)C(=O)N12)NC[C@@H]1CCCO1. The van der Waals surface area contributed by atoms with Gasteiger partial charge in [-0.2, -0.15) is 0 Å². The molecule has 0 saturated carbocycles. The lowest BCUT2D eigenvalue weighted by Gasteiger charge is -2.25. The monoisotopic (exact) mass is 519 g/mol. The first-order chi connectivity index (χ1) is 18.1. The molecule has 0 radical (unpaired) electrons. The van der Waals surface area contributed by atoms with Crippen LogP contribution in [0.1, 0.15) is 30.4 Å². The molecule has 2 N–H and O–H groups in total. The lowest BCUT2D eigenvalue weighted by Crippen LogP contribution is -2.42. The van der Waals surface area contributed by atoms with Gasteiger partial charge in [0.25, 0.3) is 5.91 Å². The van der Waals surface area contributed by atoms with E-state index in [0.717, 1.165) is 30.6 Å². The van der Waals surface area contributed by atoms with Crippen LogP contribution < -0.4 is 10.6 Å². The molecule has 2 aromatic carbocycles. The van der Waals surface area contributed by atoms with Crippen molar-refractivity contribution in [2.75, 3.05) is 25.4 Å². The van der Waals surface area contributed by atoms with Crippen molar-refractivity contribution in [3.8, 4) is 0 Å². The van der Waals surface area contributed by atoms with Crippen molar-refractivity contribution >= 4 is 46.2 Å². The standard InChI is InChI=1S/C27H29N5O4S/c33-23(28-13-12-18-7-2-1-3-8-18)15-22-26(35)32-25(30-22)20-10-4-5-11-21(20)31-27(32)37-17-24(34)29-16-19-9-6-14-36-19/h1-5,7-8,10-11,19,22H,6,9,12-17H2,(H,28,33)(H,29,34)/t19-,22+/m0/s1. The number of thioether (sulfide) groups is 1. The fraction of sp³-hybridized carbons (Fsp3) is 0.370. The van der Waals surface area contributed by atoms with Gasteiger partial charge in [-0.25, -0.2) is 9.89 Å². The minimum atomic E-state index is -0.836.